The first-order valence-corrected chi connectivity index (χ1v) is 8.06. The van der Waals surface area contributed by atoms with E-state index in [1.807, 2.05) is 0 Å². The number of hydrogen-bond acceptors (Lipinski definition) is 11. The molecule has 14 heteroatoms. The third kappa shape index (κ3) is 2.18. The van der Waals surface area contributed by atoms with Crippen LogP contribution < -0.4 is 21.1 Å². The second-order valence-electron chi connectivity index (χ2n) is 5.21. The monoisotopic (exact) mass is 361 g/mol. The van der Waals surface area contributed by atoms with Crippen molar-refractivity contribution in [3.8, 4) is 0 Å². The van der Waals surface area contributed by atoms with E-state index in [2.05, 4.69) is 15.0 Å². The highest BCUT2D eigenvalue weighted by atomic mass is 31.2. The molecule has 0 bridgehead atoms. The van der Waals surface area contributed by atoms with E-state index in [0.717, 1.165) is 10.9 Å². The van der Waals surface area contributed by atoms with Crippen LogP contribution in [-0.4, -0.2) is 59.0 Å². The number of anilines is 1. The number of ether oxygens (including phenoxy) is 1. The van der Waals surface area contributed by atoms with Crippen molar-refractivity contribution >= 4 is 24.7 Å². The molecule has 13 nitrogen and oxygen atoms in total. The summed E-state index contributed by atoms with van der Waals surface area (Å²) in [4.78, 5) is 44.5. The summed E-state index contributed by atoms with van der Waals surface area (Å²) in [6, 6.07) is 0. The van der Waals surface area contributed by atoms with Gasteiger partial charge in [0.1, 0.15) is 12.2 Å². The normalized spacial score (nSPS) is 31.0. The molecule has 1 aliphatic rings. The van der Waals surface area contributed by atoms with Gasteiger partial charge >= 0.3 is 0 Å². The summed E-state index contributed by atoms with van der Waals surface area (Å²) in [6.45, 7) is -0.872. The minimum atomic E-state index is -5.85. The Morgan fingerprint density at radius 2 is 2.21 bits per heavy atom. The molecule has 1 aliphatic heterocycles. The molecule has 4 atom stereocenters. The summed E-state index contributed by atoms with van der Waals surface area (Å²) in [5, 5.41) is 26.1. The summed E-state index contributed by atoms with van der Waals surface area (Å²) >= 11 is 0. The molecule has 24 heavy (non-hydrogen) atoms. The van der Waals surface area contributed by atoms with Crippen LogP contribution in [0.5, 0.6) is 0 Å². The Morgan fingerprint density at radius 1 is 1.54 bits per heavy atom. The van der Waals surface area contributed by atoms with Crippen LogP contribution in [0, 0.1) is 0 Å². The van der Waals surface area contributed by atoms with Gasteiger partial charge in [0.05, 0.1) is 12.9 Å². The first-order valence-electron chi connectivity index (χ1n) is 6.52. The van der Waals surface area contributed by atoms with E-state index in [4.69, 9.17) is 15.6 Å². The van der Waals surface area contributed by atoms with Gasteiger partial charge in [-0.3, -0.25) is 14.3 Å². The van der Waals surface area contributed by atoms with Gasteiger partial charge in [-0.1, -0.05) is 0 Å². The Morgan fingerprint density at radius 3 is 2.79 bits per heavy atom. The van der Waals surface area contributed by atoms with Crippen LogP contribution >= 0.6 is 7.60 Å². The van der Waals surface area contributed by atoms with E-state index in [9.17, 15) is 29.4 Å². The van der Waals surface area contributed by atoms with Crippen LogP contribution in [-0.2, 0) is 9.30 Å². The molecule has 1 saturated heterocycles. The Balaban J connectivity index is 2.24. The number of aromatic amines is 1. The number of nitrogens with one attached hydrogen (secondary N) is 1. The number of nitrogens with two attached hydrogens (primary N) is 1. The fraction of sp³-hybridized carbons (Fsp3) is 0.500. The van der Waals surface area contributed by atoms with Crippen molar-refractivity contribution in [2.45, 2.75) is 23.8 Å². The van der Waals surface area contributed by atoms with Crippen molar-refractivity contribution in [1.82, 2.24) is 19.5 Å². The van der Waals surface area contributed by atoms with Crippen LogP contribution in [0.3, 0.4) is 0 Å². The zero-order valence-corrected chi connectivity index (χ0v) is 12.7. The van der Waals surface area contributed by atoms with Crippen molar-refractivity contribution in [3.05, 3.63) is 16.7 Å². The maximum Gasteiger partial charge on any atom is 0.280 e. The topological polar surface area (TPSA) is 223 Å². The summed E-state index contributed by atoms with van der Waals surface area (Å²) in [6.07, 6.45) is -4.90. The number of aliphatic hydroxyl groups is 3. The van der Waals surface area contributed by atoms with Crippen molar-refractivity contribution in [1.29, 1.82) is 0 Å². The van der Waals surface area contributed by atoms with Gasteiger partial charge < -0.3 is 40.1 Å². The smallest absolute Gasteiger partial charge is 0.280 e. The lowest BCUT2D eigenvalue weighted by molar-refractivity contribution is -0.336. The lowest BCUT2D eigenvalue weighted by atomic mass is 10.1. The van der Waals surface area contributed by atoms with Gasteiger partial charge in [0.2, 0.25) is 5.95 Å². The molecule has 2 aromatic rings. The number of nitrogen functional groups attached to an aromatic ring is 1. The molecule has 6 N–H and O–H groups in total. The van der Waals surface area contributed by atoms with Gasteiger partial charge in [-0.2, -0.15) is 4.98 Å². The fourth-order valence-corrected chi connectivity index (χ4v) is 3.53. The number of nitrogens with zero attached hydrogens (tertiary/aromatic N) is 3. The summed E-state index contributed by atoms with van der Waals surface area (Å²) < 4.78 is 17.4. The third-order valence-electron chi connectivity index (χ3n) is 3.78. The van der Waals surface area contributed by atoms with E-state index < -0.39 is 43.5 Å². The summed E-state index contributed by atoms with van der Waals surface area (Å²) in [5.41, 5.74) is 4.12. The molecule has 0 aromatic carbocycles. The maximum atomic E-state index is 11.7. The first-order chi connectivity index (χ1) is 11.1. The molecule has 2 aromatic heterocycles. The largest absolute Gasteiger partial charge is 0.809 e. The molecule has 1 fully saturated rings. The zero-order chi connectivity index (χ0) is 17.9. The molecule has 0 aliphatic carbocycles. The average molecular weight is 361 g/mol. The molecule has 0 saturated carbocycles. The molecule has 132 valence electrons. The Kier molecular flexibility index (Phi) is 3.77. The van der Waals surface area contributed by atoms with Crippen LogP contribution in [0.15, 0.2) is 11.1 Å². The number of H-pyrrole nitrogens is 1. The molecule has 3 rings (SSSR count). The maximum absolute atomic E-state index is 11.7. The van der Waals surface area contributed by atoms with Gasteiger partial charge in [0, 0.05) is 0 Å². The molecule has 0 spiro atoms. The predicted molar refractivity (Wildman–Crippen MR) is 72.1 cm³/mol. The van der Waals surface area contributed by atoms with Gasteiger partial charge in [0.15, 0.2) is 22.7 Å². The van der Waals surface area contributed by atoms with Crippen LogP contribution in [0.1, 0.15) is 6.23 Å². The van der Waals surface area contributed by atoms with Gasteiger partial charge in [-0.15, -0.1) is 0 Å². The number of imidazole rings is 1. The average Bonchev–Trinajstić information content (AvgIpc) is 3.00. The van der Waals surface area contributed by atoms with Crippen molar-refractivity contribution in [3.63, 3.8) is 0 Å². The van der Waals surface area contributed by atoms with Crippen LogP contribution in [0.25, 0.3) is 11.2 Å². The SMILES string of the molecule is Nc1nc2c(ncn2[C@@H]2O[C@H](CO)[C@@H](O)[C@]2(O)P(=O)([O-])[O-])c(=O)[nH]1. The lowest BCUT2D eigenvalue weighted by Crippen LogP contribution is -2.52. The molecule has 0 unspecified atom stereocenters. The highest BCUT2D eigenvalue weighted by Gasteiger charge is 2.58. The van der Waals surface area contributed by atoms with Gasteiger partial charge in [0.25, 0.3) is 5.56 Å². The van der Waals surface area contributed by atoms with E-state index in [-0.39, 0.29) is 17.1 Å². The standard InChI is InChI=1S/C10H14N5O8P/c11-9-13-6-4(7(18)14-9)12-2-15(6)8-10(19,24(20,21)22)5(17)3(1-16)23-8/h2-3,5,8,16-17,19H,1H2,(H2,20,21,22)(H3,11,13,14,18)/p-2/t3-,5-,8-,10+/m1/s1. The quantitative estimate of drug-likeness (QED) is 0.328. The number of aromatic nitrogens is 4. The number of aliphatic hydroxyl groups excluding tert-OH is 2. The lowest BCUT2D eigenvalue weighted by Gasteiger charge is -2.47. The van der Waals surface area contributed by atoms with E-state index in [1.54, 1.807) is 0 Å². The Labute approximate surface area is 132 Å². The molecule has 0 amide bonds. The number of rotatable bonds is 3. The summed E-state index contributed by atoms with van der Waals surface area (Å²) in [7, 11) is -5.85. The Bertz CT molecular complexity index is 891. The molecular weight excluding hydrogens is 349 g/mol. The Hall–Kier alpha value is -1.86. The van der Waals surface area contributed by atoms with E-state index in [1.165, 1.54) is 0 Å². The summed E-state index contributed by atoms with van der Waals surface area (Å²) in [5.74, 6) is -0.331. The van der Waals surface area contributed by atoms with E-state index >= 15 is 0 Å². The van der Waals surface area contributed by atoms with Crippen molar-refractivity contribution < 1.29 is 34.4 Å². The van der Waals surface area contributed by atoms with E-state index in [0.29, 0.717) is 0 Å². The first kappa shape index (κ1) is 17.0. The number of hydrogen-bond donors (Lipinski definition) is 5. The van der Waals surface area contributed by atoms with Gasteiger partial charge in [-0.25, -0.2) is 4.98 Å². The predicted octanol–water partition coefficient (Wildman–Crippen LogP) is -4.45. The number of fused-ring (bicyclic) bond motifs is 1. The van der Waals surface area contributed by atoms with Crippen LogP contribution in [0.2, 0.25) is 0 Å². The minimum Gasteiger partial charge on any atom is -0.809 e. The molecule has 0 radical (unpaired) electrons. The van der Waals surface area contributed by atoms with Crippen LogP contribution in [0.4, 0.5) is 5.95 Å². The van der Waals surface area contributed by atoms with Gasteiger partial charge in [-0.05, 0) is 7.60 Å². The second kappa shape index (κ2) is 5.32. The highest BCUT2D eigenvalue weighted by Crippen LogP contribution is 2.55. The third-order valence-corrected chi connectivity index (χ3v) is 5.14. The zero-order valence-electron chi connectivity index (χ0n) is 11.8. The minimum absolute atomic E-state index is 0.260. The molecular formula is C10H12N5O8P-2. The molecule has 3 heterocycles. The van der Waals surface area contributed by atoms with Crippen molar-refractivity contribution in [2.75, 3.05) is 12.3 Å². The second-order valence-corrected chi connectivity index (χ2v) is 6.92. The highest BCUT2D eigenvalue weighted by molar-refractivity contribution is 7.50. The van der Waals surface area contributed by atoms with Crippen molar-refractivity contribution in [2.24, 2.45) is 0 Å². The fourth-order valence-electron chi connectivity index (χ4n) is 2.58.